The highest BCUT2D eigenvalue weighted by Gasteiger charge is 2.21. The van der Waals surface area contributed by atoms with Gasteiger partial charge in [-0.25, -0.2) is 17.5 Å². The Kier molecular flexibility index (Phi) is 5.28. The maximum Gasteiger partial charge on any atom is 0.243 e. The second-order valence-electron chi connectivity index (χ2n) is 4.42. The van der Waals surface area contributed by atoms with Crippen LogP contribution >= 0.6 is 27.7 Å². The molecule has 1 N–H and O–H groups in total. The average Bonchev–Trinajstić information content (AvgIpc) is 2.37. The van der Waals surface area contributed by atoms with Crippen LogP contribution in [0.5, 0.6) is 0 Å². The standard InChI is InChI=1S/C12H15BrFNO2S2/c13-9-4-5-12(11(14)7-9)19(16,17)15-8-10-3-1-2-6-18-10/h4-5,7,10,15H,1-3,6,8H2. The van der Waals surface area contributed by atoms with Gasteiger partial charge in [-0.15, -0.1) is 0 Å². The fraction of sp³-hybridized carbons (Fsp3) is 0.500. The highest BCUT2D eigenvalue weighted by atomic mass is 79.9. The van der Waals surface area contributed by atoms with E-state index in [1.165, 1.54) is 18.6 Å². The molecule has 0 aliphatic carbocycles. The predicted octanol–water partition coefficient (Wildman–Crippen LogP) is 3.15. The fourth-order valence-corrected chi connectivity index (χ4v) is 4.76. The van der Waals surface area contributed by atoms with Gasteiger partial charge in [0, 0.05) is 16.3 Å². The van der Waals surface area contributed by atoms with Crippen LogP contribution in [0.3, 0.4) is 0 Å². The Morgan fingerprint density at radius 2 is 2.21 bits per heavy atom. The summed E-state index contributed by atoms with van der Waals surface area (Å²) < 4.78 is 40.7. The number of hydrogen-bond acceptors (Lipinski definition) is 3. The lowest BCUT2D eigenvalue weighted by molar-refractivity contribution is 0.552. The first-order valence-electron chi connectivity index (χ1n) is 6.05. The van der Waals surface area contributed by atoms with Crippen molar-refractivity contribution >= 4 is 37.7 Å². The van der Waals surface area contributed by atoms with Crippen LogP contribution in [0.1, 0.15) is 19.3 Å². The number of halogens is 2. The maximum atomic E-state index is 13.7. The van der Waals surface area contributed by atoms with E-state index in [0.717, 1.165) is 24.7 Å². The summed E-state index contributed by atoms with van der Waals surface area (Å²) >= 11 is 4.88. The van der Waals surface area contributed by atoms with Crippen molar-refractivity contribution in [1.82, 2.24) is 4.72 Å². The molecular formula is C12H15BrFNO2S2. The molecule has 1 aromatic rings. The summed E-state index contributed by atoms with van der Waals surface area (Å²) in [6.45, 7) is 0.364. The molecule has 1 aliphatic heterocycles. The molecule has 1 heterocycles. The zero-order chi connectivity index (χ0) is 13.9. The smallest absolute Gasteiger partial charge is 0.210 e. The van der Waals surface area contributed by atoms with Crippen LogP contribution in [0.15, 0.2) is 27.6 Å². The largest absolute Gasteiger partial charge is 0.243 e. The SMILES string of the molecule is O=S(=O)(NCC1CCCCS1)c1ccc(Br)cc1F. The molecule has 0 saturated carbocycles. The second kappa shape index (κ2) is 6.56. The van der Waals surface area contributed by atoms with Crippen LogP contribution in [0.4, 0.5) is 4.39 Å². The van der Waals surface area contributed by atoms with E-state index in [1.807, 2.05) is 0 Å². The van der Waals surface area contributed by atoms with E-state index in [9.17, 15) is 12.8 Å². The average molecular weight is 368 g/mol. The summed E-state index contributed by atoms with van der Waals surface area (Å²) in [5.41, 5.74) is 0. The van der Waals surface area contributed by atoms with Crippen molar-refractivity contribution in [3.8, 4) is 0 Å². The first kappa shape index (κ1) is 15.3. The Morgan fingerprint density at radius 3 is 2.84 bits per heavy atom. The predicted molar refractivity (Wildman–Crippen MR) is 79.4 cm³/mol. The third-order valence-corrected chi connectivity index (χ3v) is 6.31. The first-order chi connectivity index (χ1) is 8.99. The molecule has 0 spiro atoms. The van der Waals surface area contributed by atoms with Crippen molar-refractivity contribution in [1.29, 1.82) is 0 Å². The van der Waals surface area contributed by atoms with Crippen LogP contribution in [0.2, 0.25) is 0 Å². The minimum atomic E-state index is -3.77. The molecule has 19 heavy (non-hydrogen) atoms. The third kappa shape index (κ3) is 4.18. The van der Waals surface area contributed by atoms with Gasteiger partial charge in [0.05, 0.1) is 0 Å². The van der Waals surface area contributed by atoms with Gasteiger partial charge in [0.1, 0.15) is 10.7 Å². The topological polar surface area (TPSA) is 46.2 Å². The molecule has 0 bridgehead atoms. The monoisotopic (exact) mass is 367 g/mol. The molecule has 106 valence electrons. The van der Waals surface area contributed by atoms with Crippen LogP contribution in [0.25, 0.3) is 0 Å². The van der Waals surface area contributed by atoms with E-state index in [1.54, 1.807) is 11.8 Å². The zero-order valence-corrected chi connectivity index (χ0v) is 13.5. The molecule has 3 nitrogen and oxygen atoms in total. The van der Waals surface area contributed by atoms with Gasteiger partial charge in [0.2, 0.25) is 10.0 Å². The van der Waals surface area contributed by atoms with Crippen LogP contribution < -0.4 is 4.72 Å². The van der Waals surface area contributed by atoms with Gasteiger partial charge in [0.15, 0.2) is 0 Å². The van der Waals surface area contributed by atoms with Gasteiger partial charge in [-0.05, 0) is 36.8 Å². The van der Waals surface area contributed by atoms with E-state index >= 15 is 0 Å². The summed E-state index contributed by atoms with van der Waals surface area (Å²) in [6.07, 6.45) is 3.33. The molecular weight excluding hydrogens is 353 g/mol. The van der Waals surface area contributed by atoms with Gasteiger partial charge in [-0.2, -0.15) is 11.8 Å². The van der Waals surface area contributed by atoms with E-state index in [0.29, 0.717) is 16.3 Å². The minimum Gasteiger partial charge on any atom is -0.210 e. The van der Waals surface area contributed by atoms with Gasteiger partial charge in [0.25, 0.3) is 0 Å². The van der Waals surface area contributed by atoms with Crippen molar-refractivity contribution in [2.45, 2.75) is 29.4 Å². The molecule has 7 heteroatoms. The lowest BCUT2D eigenvalue weighted by Gasteiger charge is -2.21. The molecule has 0 aromatic heterocycles. The quantitative estimate of drug-likeness (QED) is 0.888. The molecule has 0 amide bonds. The van der Waals surface area contributed by atoms with Crippen molar-refractivity contribution < 1.29 is 12.8 Å². The van der Waals surface area contributed by atoms with E-state index in [-0.39, 0.29) is 4.90 Å². The molecule has 1 unspecified atom stereocenters. The highest BCUT2D eigenvalue weighted by Crippen LogP contribution is 2.25. The zero-order valence-electron chi connectivity index (χ0n) is 10.2. The molecule has 2 rings (SSSR count). The normalized spacial score (nSPS) is 20.4. The molecule has 1 fully saturated rings. The molecule has 0 radical (unpaired) electrons. The van der Waals surface area contributed by atoms with Gasteiger partial charge in [-0.3, -0.25) is 0 Å². The van der Waals surface area contributed by atoms with Crippen LogP contribution in [-0.4, -0.2) is 26.0 Å². The Balaban J connectivity index is 2.05. The Labute approximate surface area is 125 Å². The fourth-order valence-electron chi connectivity index (χ4n) is 1.94. The number of sulfonamides is 1. The van der Waals surface area contributed by atoms with E-state index in [4.69, 9.17) is 0 Å². The maximum absolute atomic E-state index is 13.7. The van der Waals surface area contributed by atoms with E-state index < -0.39 is 15.8 Å². The van der Waals surface area contributed by atoms with Crippen molar-refractivity contribution in [2.75, 3.05) is 12.3 Å². The first-order valence-corrected chi connectivity index (χ1v) is 9.38. The van der Waals surface area contributed by atoms with Gasteiger partial charge < -0.3 is 0 Å². The number of nitrogens with one attached hydrogen (secondary N) is 1. The summed E-state index contributed by atoms with van der Waals surface area (Å²) in [6, 6.07) is 3.95. The van der Waals surface area contributed by atoms with Crippen LogP contribution in [-0.2, 0) is 10.0 Å². The Hall–Kier alpha value is -0.110. The van der Waals surface area contributed by atoms with Crippen molar-refractivity contribution in [2.24, 2.45) is 0 Å². The lowest BCUT2D eigenvalue weighted by Crippen LogP contribution is -2.32. The number of benzene rings is 1. The molecule has 1 saturated heterocycles. The lowest BCUT2D eigenvalue weighted by atomic mass is 10.2. The number of thioether (sulfide) groups is 1. The van der Waals surface area contributed by atoms with Gasteiger partial charge in [-0.1, -0.05) is 22.4 Å². The van der Waals surface area contributed by atoms with E-state index in [2.05, 4.69) is 20.7 Å². The van der Waals surface area contributed by atoms with Crippen molar-refractivity contribution in [3.05, 3.63) is 28.5 Å². The summed E-state index contributed by atoms with van der Waals surface area (Å²) in [5.74, 6) is 0.331. The summed E-state index contributed by atoms with van der Waals surface area (Å²) in [5, 5.41) is 0.294. The molecule has 1 atom stereocenters. The number of hydrogen-bond donors (Lipinski definition) is 1. The summed E-state index contributed by atoms with van der Waals surface area (Å²) in [7, 11) is -3.77. The Bertz CT molecular complexity index is 545. The highest BCUT2D eigenvalue weighted by molar-refractivity contribution is 9.10. The second-order valence-corrected chi connectivity index (χ2v) is 8.47. The molecule has 1 aliphatic rings. The van der Waals surface area contributed by atoms with Crippen molar-refractivity contribution in [3.63, 3.8) is 0 Å². The molecule has 1 aromatic carbocycles. The minimum absolute atomic E-state index is 0.294. The number of rotatable bonds is 4. The van der Waals surface area contributed by atoms with Gasteiger partial charge >= 0.3 is 0 Å². The third-order valence-electron chi connectivity index (χ3n) is 2.96. The van der Waals surface area contributed by atoms with Crippen LogP contribution in [0, 0.1) is 5.82 Å². The Morgan fingerprint density at radius 1 is 1.42 bits per heavy atom. The summed E-state index contributed by atoms with van der Waals surface area (Å²) in [4.78, 5) is -0.295.